The molecule has 0 spiro atoms. The van der Waals surface area contributed by atoms with Crippen LogP contribution in [0.2, 0.25) is 0 Å². The van der Waals surface area contributed by atoms with E-state index in [4.69, 9.17) is 9.47 Å². The average molecular weight is 315 g/mol. The third-order valence-corrected chi connectivity index (χ3v) is 3.25. The smallest absolute Gasteiger partial charge is 0.338 e. The first-order valence-electron chi connectivity index (χ1n) is 5.31. The van der Waals surface area contributed by atoms with E-state index in [9.17, 15) is 9.59 Å². The Labute approximate surface area is 114 Å². The van der Waals surface area contributed by atoms with Crippen LogP contribution >= 0.6 is 15.9 Å². The first-order chi connectivity index (χ1) is 8.34. The molecule has 0 saturated carbocycles. The first kappa shape index (κ1) is 14.7. The first-order valence-corrected chi connectivity index (χ1v) is 6.10. The minimum Gasteiger partial charge on any atom is -0.468 e. The molecule has 0 bridgehead atoms. The summed E-state index contributed by atoms with van der Waals surface area (Å²) in [5.41, 5.74) is 0.00516. The molecule has 0 saturated heterocycles. The second kappa shape index (κ2) is 5.52. The Balaban J connectivity index is 3.40. The molecule has 1 rings (SSSR count). The van der Waals surface area contributed by atoms with Crippen molar-refractivity contribution in [3.63, 3.8) is 0 Å². The number of esters is 2. The quantitative estimate of drug-likeness (QED) is 0.805. The number of ether oxygens (including phenoxy) is 2. The Morgan fingerprint density at radius 3 is 2.28 bits per heavy atom. The van der Waals surface area contributed by atoms with Crippen LogP contribution in [0, 0.1) is 0 Å². The molecule has 0 radical (unpaired) electrons. The summed E-state index contributed by atoms with van der Waals surface area (Å²) in [5, 5.41) is 0. The van der Waals surface area contributed by atoms with Gasteiger partial charge in [0.1, 0.15) is 0 Å². The maximum Gasteiger partial charge on any atom is 0.338 e. The van der Waals surface area contributed by atoms with Gasteiger partial charge in [-0.15, -0.1) is 0 Å². The third-order valence-electron chi connectivity index (χ3n) is 2.76. The van der Waals surface area contributed by atoms with Gasteiger partial charge in [0.25, 0.3) is 0 Å². The van der Waals surface area contributed by atoms with Crippen LogP contribution in [0.5, 0.6) is 0 Å². The zero-order valence-electron chi connectivity index (χ0n) is 10.7. The fourth-order valence-corrected chi connectivity index (χ4v) is 2.07. The topological polar surface area (TPSA) is 52.6 Å². The van der Waals surface area contributed by atoms with Crippen molar-refractivity contribution < 1.29 is 19.1 Å². The summed E-state index contributed by atoms with van der Waals surface area (Å²) in [6.45, 7) is 3.41. The number of rotatable bonds is 3. The lowest BCUT2D eigenvalue weighted by molar-refractivity contribution is -0.146. The summed E-state index contributed by atoms with van der Waals surface area (Å²) >= 11 is 3.29. The second-order valence-electron chi connectivity index (χ2n) is 4.30. The standard InChI is InChI=1S/C13H15BrO4/c1-13(2,12(16)18-4)10-6-5-8(14)7-9(10)11(15)17-3/h5-7H,1-4H3. The van der Waals surface area contributed by atoms with E-state index >= 15 is 0 Å². The lowest BCUT2D eigenvalue weighted by Crippen LogP contribution is -2.32. The van der Waals surface area contributed by atoms with Gasteiger partial charge in [-0.2, -0.15) is 0 Å². The fraction of sp³-hybridized carbons (Fsp3) is 0.385. The van der Waals surface area contributed by atoms with Gasteiger partial charge >= 0.3 is 11.9 Å². The fourth-order valence-electron chi connectivity index (χ4n) is 1.71. The van der Waals surface area contributed by atoms with E-state index in [0.29, 0.717) is 11.1 Å². The molecule has 0 atom stereocenters. The zero-order valence-corrected chi connectivity index (χ0v) is 12.3. The molecule has 1 aromatic rings. The van der Waals surface area contributed by atoms with E-state index < -0.39 is 17.4 Å². The number of benzene rings is 1. The highest BCUT2D eigenvalue weighted by atomic mass is 79.9. The highest BCUT2D eigenvalue weighted by molar-refractivity contribution is 9.10. The molecule has 0 aliphatic rings. The summed E-state index contributed by atoms with van der Waals surface area (Å²) < 4.78 is 10.2. The predicted molar refractivity (Wildman–Crippen MR) is 70.5 cm³/mol. The Hall–Kier alpha value is -1.36. The van der Waals surface area contributed by atoms with Gasteiger partial charge in [-0.25, -0.2) is 4.79 Å². The number of halogens is 1. The molecule has 1 aromatic carbocycles. The summed E-state index contributed by atoms with van der Waals surface area (Å²) in [5.74, 6) is -0.891. The summed E-state index contributed by atoms with van der Waals surface area (Å²) in [7, 11) is 2.62. The van der Waals surface area contributed by atoms with Crippen LogP contribution in [-0.4, -0.2) is 26.2 Å². The van der Waals surface area contributed by atoms with Crippen molar-refractivity contribution in [2.75, 3.05) is 14.2 Å². The van der Waals surface area contributed by atoms with E-state index in [0.717, 1.165) is 4.47 Å². The van der Waals surface area contributed by atoms with Crippen molar-refractivity contribution in [2.24, 2.45) is 0 Å². The predicted octanol–water partition coefficient (Wildman–Crippen LogP) is 2.69. The molecule has 0 unspecified atom stereocenters. The van der Waals surface area contributed by atoms with Crippen molar-refractivity contribution in [2.45, 2.75) is 19.3 Å². The van der Waals surface area contributed by atoms with Crippen LogP contribution in [0.4, 0.5) is 0 Å². The maximum atomic E-state index is 11.8. The van der Waals surface area contributed by atoms with Crippen molar-refractivity contribution in [1.82, 2.24) is 0 Å². The highest BCUT2D eigenvalue weighted by Crippen LogP contribution is 2.30. The van der Waals surface area contributed by atoms with Crippen LogP contribution in [0.15, 0.2) is 22.7 Å². The van der Waals surface area contributed by atoms with Gasteiger partial charge in [0.05, 0.1) is 25.2 Å². The summed E-state index contributed by atoms with van der Waals surface area (Å²) in [6.07, 6.45) is 0. The molecule has 0 heterocycles. The van der Waals surface area contributed by atoms with E-state index in [1.165, 1.54) is 14.2 Å². The normalized spacial score (nSPS) is 10.9. The molecular formula is C13H15BrO4. The average Bonchev–Trinajstić information content (AvgIpc) is 2.36. The maximum absolute atomic E-state index is 11.8. The summed E-state index contributed by atoms with van der Waals surface area (Å²) in [4.78, 5) is 23.5. The Kier molecular flexibility index (Phi) is 4.51. The molecular weight excluding hydrogens is 300 g/mol. The van der Waals surface area contributed by atoms with Gasteiger partial charge in [0.2, 0.25) is 0 Å². The van der Waals surface area contributed by atoms with Crippen LogP contribution in [0.1, 0.15) is 29.8 Å². The molecule has 0 amide bonds. The zero-order chi connectivity index (χ0) is 13.9. The minimum absolute atomic E-state index is 0.349. The van der Waals surface area contributed by atoms with Crippen molar-refractivity contribution >= 4 is 27.9 Å². The molecule has 98 valence electrons. The number of carbonyl (C=O) groups excluding carboxylic acids is 2. The third kappa shape index (κ3) is 2.72. The molecule has 0 fully saturated rings. The number of carbonyl (C=O) groups is 2. The lowest BCUT2D eigenvalue weighted by atomic mass is 9.82. The Morgan fingerprint density at radius 2 is 1.78 bits per heavy atom. The van der Waals surface area contributed by atoms with Crippen LogP contribution < -0.4 is 0 Å². The van der Waals surface area contributed by atoms with E-state index in [-0.39, 0.29) is 0 Å². The van der Waals surface area contributed by atoms with Crippen LogP contribution in [0.25, 0.3) is 0 Å². The summed E-state index contributed by atoms with van der Waals surface area (Å²) in [6, 6.07) is 5.12. The van der Waals surface area contributed by atoms with Crippen molar-refractivity contribution in [3.8, 4) is 0 Å². The van der Waals surface area contributed by atoms with Crippen LogP contribution in [-0.2, 0) is 19.7 Å². The van der Waals surface area contributed by atoms with E-state index in [2.05, 4.69) is 15.9 Å². The minimum atomic E-state index is -0.918. The largest absolute Gasteiger partial charge is 0.468 e. The van der Waals surface area contributed by atoms with Gasteiger partial charge in [0, 0.05) is 4.47 Å². The molecule has 5 heteroatoms. The molecule has 0 aliphatic carbocycles. The van der Waals surface area contributed by atoms with E-state index in [1.807, 2.05) is 0 Å². The molecule has 0 N–H and O–H groups in total. The number of hydrogen-bond acceptors (Lipinski definition) is 4. The van der Waals surface area contributed by atoms with Gasteiger partial charge in [-0.05, 0) is 31.5 Å². The van der Waals surface area contributed by atoms with Gasteiger partial charge in [-0.3, -0.25) is 4.79 Å². The van der Waals surface area contributed by atoms with Crippen molar-refractivity contribution in [1.29, 1.82) is 0 Å². The van der Waals surface area contributed by atoms with Crippen LogP contribution in [0.3, 0.4) is 0 Å². The van der Waals surface area contributed by atoms with Gasteiger partial charge < -0.3 is 9.47 Å². The molecule has 18 heavy (non-hydrogen) atoms. The van der Waals surface area contributed by atoms with Gasteiger partial charge in [-0.1, -0.05) is 22.0 Å². The highest BCUT2D eigenvalue weighted by Gasteiger charge is 2.34. The Bertz CT molecular complexity index is 480. The van der Waals surface area contributed by atoms with E-state index in [1.54, 1.807) is 32.0 Å². The monoisotopic (exact) mass is 314 g/mol. The van der Waals surface area contributed by atoms with Gasteiger partial charge in [0.15, 0.2) is 0 Å². The molecule has 0 aliphatic heterocycles. The van der Waals surface area contributed by atoms with Crippen molar-refractivity contribution in [3.05, 3.63) is 33.8 Å². The molecule has 4 nitrogen and oxygen atoms in total. The Morgan fingerprint density at radius 1 is 1.17 bits per heavy atom. The SMILES string of the molecule is COC(=O)c1cc(Br)ccc1C(C)(C)C(=O)OC. The number of hydrogen-bond donors (Lipinski definition) is 0. The lowest BCUT2D eigenvalue weighted by Gasteiger charge is -2.24. The second-order valence-corrected chi connectivity index (χ2v) is 5.21. The molecule has 0 aromatic heterocycles. The number of methoxy groups -OCH3 is 2.